The van der Waals surface area contributed by atoms with E-state index in [2.05, 4.69) is 10.2 Å². The van der Waals surface area contributed by atoms with Gasteiger partial charge < -0.3 is 0 Å². The van der Waals surface area contributed by atoms with Crippen molar-refractivity contribution in [3.8, 4) is 0 Å². The number of H-pyrrole nitrogens is 1. The second kappa shape index (κ2) is 2.16. The third kappa shape index (κ3) is 0.980. The van der Waals surface area contributed by atoms with Gasteiger partial charge in [0, 0.05) is 5.39 Å². The van der Waals surface area contributed by atoms with Crippen molar-refractivity contribution < 1.29 is 4.66 Å². The first-order chi connectivity index (χ1) is 5.36. The standard InChI is InChI=1S/C7H6N3O/c11-10-8-5-6-3-1-2-4-7(6)9-10/h1-5H,(H,8,9,11)/q+1. The minimum atomic E-state index is 0.433. The average molecular weight is 148 g/mol. The van der Waals surface area contributed by atoms with Crippen LogP contribution in [0.1, 0.15) is 0 Å². The van der Waals surface area contributed by atoms with Gasteiger partial charge in [0.25, 0.3) is 4.66 Å². The molecule has 11 heavy (non-hydrogen) atoms. The molecule has 1 aromatic heterocycles. The van der Waals surface area contributed by atoms with Gasteiger partial charge in [-0.05, 0) is 6.07 Å². The van der Waals surface area contributed by atoms with Gasteiger partial charge >= 0.3 is 0 Å². The lowest BCUT2D eigenvalue weighted by Gasteiger charge is -1.86. The van der Waals surface area contributed by atoms with E-state index in [0.29, 0.717) is 4.66 Å². The third-order valence-electron chi connectivity index (χ3n) is 1.48. The highest BCUT2D eigenvalue weighted by Gasteiger charge is 1.96. The van der Waals surface area contributed by atoms with Crippen LogP contribution in [0.15, 0.2) is 30.5 Å². The van der Waals surface area contributed by atoms with Crippen LogP contribution in [0.2, 0.25) is 0 Å². The summed E-state index contributed by atoms with van der Waals surface area (Å²) in [4.78, 5) is 10.6. The number of fused-ring (bicyclic) bond motifs is 1. The fourth-order valence-corrected chi connectivity index (χ4v) is 0.958. The Morgan fingerprint density at radius 1 is 1.36 bits per heavy atom. The molecule has 0 bridgehead atoms. The lowest BCUT2D eigenvalue weighted by atomic mass is 10.2. The third-order valence-corrected chi connectivity index (χ3v) is 1.48. The van der Waals surface area contributed by atoms with Crippen LogP contribution in [0.5, 0.6) is 0 Å². The van der Waals surface area contributed by atoms with E-state index in [1.165, 1.54) is 6.20 Å². The maximum atomic E-state index is 10.6. The van der Waals surface area contributed by atoms with Crippen molar-refractivity contribution in [2.75, 3.05) is 0 Å². The minimum absolute atomic E-state index is 0.433. The molecule has 2 rings (SSSR count). The monoisotopic (exact) mass is 148 g/mol. The van der Waals surface area contributed by atoms with Gasteiger partial charge in [-0.2, -0.15) is 0 Å². The Morgan fingerprint density at radius 3 is 3.09 bits per heavy atom. The van der Waals surface area contributed by atoms with Crippen molar-refractivity contribution in [1.29, 1.82) is 0 Å². The molecule has 0 saturated carbocycles. The van der Waals surface area contributed by atoms with Crippen molar-refractivity contribution in [3.63, 3.8) is 0 Å². The van der Waals surface area contributed by atoms with Gasteiger partial charge in [-0.15, -0.1) is 0 Å². The lowest BCUT2D eigenvalue weighted by molar-refractivity contribution is -0.625. The van der Waals surface area contributed by atoms with Crippen LogP contribution in [0.3, 0.4) is 0 Å². The smallest absolute Gasteiger partial charge is 0.0875 e. The van der Waals surface area contributed by atoms with Crippen molar-refractivity contribution in [3.05, 3.63) is 35.4 Å². The molecule has 54 valence electrons. The van der Waals surface area contributed by atoms with E-state index in [-0.39, 0.29) is 0 Å². The normalized spacial score (nSPS) is 10.2. The molecular formula is C7H6N3O+. The van der Waals surface area contributed by atoms with E-state index < -0.39 is 0 Å². The highest BCUT2D eigenvalue weighted by atomic mass is 16.3. The zero-order valence-electron chi connectivity index (χ0n) is 5.69. The largest absolute Gasteiger partial charge is 0.283 e. The summed E-state index contributed by atoms with van der Waals surface area (Å²) in [5.74, 6) is 0. The molecule has 2 aromatic rings. The Kier molecular flexibility index (Phi) is 1.18. The van der Waals surface area contributed by atoms with Crippen LogP contribution in [0.4, 0.5) is 0 Å². The Balaban J connectivity index is 2.94. The molecule has 0 amide bonds. The van der Waals surface area contributed by atoms with E-state index in [9.17, 15) is 4.91 Å². The molecule has 0 aliphatic carbocycles. The zero-order chi connectivity index (χ0) is 7.68. The summed E-state index contributed by atoms with van der Waals surface area (Å²) in [5, 5.41) is 6.98. The molecule has 0 spiro atoms. The summed E-state index contributed by atoms with van der Waals surface area (Å²) in [6.07, 6.45) is 1.53. The molecule has 0 unspecified atom stereocenters. The summed E-state index contributed by atoms with van der Waals surface area (Å²) in [7, 11) is 0. The quantitative estimate of drug-likeness (QED) is 0.552. The van der Waals surface area contributed by atoms with Crippen molar-refractivity contribution in [2.45, 2.75) is 0 Å². The molecule has 4 heteroatoms. The highest BCUT2D eigenvalue weighted by Crippen LogP contribution is 2.04. The fourth-order valence-electron chi connectivity index (χ4n) is 0.958. The van der Waals surface area contributed by atoms with E-state index in [0.717, 1.165) is 10.9 Å². The van der Waals surface area contributed by atoms with Gasteiger partial charge in [0.05, 0.1) is 10.0 Å². The summed E-state index contributed by atoms with van der Waals surface area (Å²) in [6.45, 7) is 0. The molecular weight excluding hydrogens is 142 g/mol. The van der Waals surface area contributed by atoms with Crippen LogP contribution in [-0.2, 0) is 0 Å². The number of benzene rings is 1. The molecule has 0 aliphatic heterocycles. The molecule has 1 aromatic carbocycles. The Hall–Kier alpha value is -1.71. The van der Waals surface area contributed by atoms with E-state index in [4.69, 9.17) is 0 Å². The lowest BCUT2D eigenvalue weighted by Crippen LogP contribution is -2.23. The predicted octanol–water partition coefficient (Wildman–Crippen LogP) is 0.477. The number of para-hydroxylation sites is 1. The minimum Gasteiger partial charge on any atom is -0.0875 e. The Labute approximate surface area is 62.1 Å². The zero-order valence-corrected chi connectivity index (χ0v) is 5.69. The van der Waals surface area contributed by atoms with Crippen LogP contribution < -0.4 is 4.66 Å². The average Bonchev–Trinajstić information content (AvgIpc) is 2.04. The second-order valence-electron chi connectivity index (χ2n) is 2.22. The molecule has 4 nitrogen and oxygen atoms in total. The number of nitrogens with zero attached hydrogens (tertiary/aromatic N) is 2. The summed E-state index contributed by atoms with van der Waals surface area (Å²) in [5.41, 5.74) is 0.789. The second-order valence-corrected chi connectivity index (χ2v) is 2.22. The number of hydrogen-bond donors (Lipinski definition) is 1. The van der Waals surface area contributed by atoms with Gasteiger partial charge in [-0.3, -0.25) is 0 Å². The van der Waals surface area contributed by atoms with E-state index in [1.807, 2.05) is 24.3 Å². The molecule has 1 N–H and O–H groups in total. The first kappa shape index (κ1) is 6.03. The highest BCUT2D eigenvalue weighted by molar-refractivity contribution is 5.75. The summed E-state index contributed by atoms with van der Waals surface area (Å²) >= 11 is 0. The molecule has 0 aliphatic rings. The van der Waals surface area contributed by atoms with Crippen molar-refractivity contribution in [2.24, 2.45) is 0 Å². The molecule has 0 atom stereocenters. The first-order valence-corrected chi connectivity index (χ1v) is 3.23. The van der Waals surface area contributed by atoms with Gasteiger partial charge in [0.2, 0.25) is 0 Å². The number of nitrogens with one attached hydrogen (secondary N) is 1. The number of rotatable bonds is 0. The predicted molar refractivity (Wildman–Crippen MR) is 39.5 cm³/mol. The summed E-state index contributed by atoms with van der Waals surface area (Å²) in [6, 6.07) is 7.47. The summed E-state index contributed by atoms with van der Waals surface area (Å²) < 4.78 is 0.433. The first-order valence-electron chi connectivity index (χ1n) is 3.23. The van der Waals surface area contributed by atoms with Crippen molar-refractivity contribution >= 4 is 10.9 Å². The topological polar surface area (TPSA) is 51.6 Å². The Morgan fingerprint density at radius 2 is 2.18 bits per heavy atom. The number of aromatic nitrogens is 3. The number of aromatic amines is 1. The Bertz CT molecular complexity index is 435. The van der Waals surface area contributed by atoms with E-state index in [1.54, 1.807) is 0 Å². The van der Waals surface area contributed by atoms with E-state index >= 15 is 0 Å². The molecule has 0 fully saturated rings. The van der Waals surface area contributed by atoms with Gasteiger partial charge in [-0.25, -0.2) is 0 Å². The van der Waals surface area contributed by atoms with Crippen molar-refractivity contribution in [1.82, 2.24) is 10.2 Å². The van der Waals surface area contributed by atoms with Gasteiger partial charge in [0.15, 0.2) is 0 Å². The van der Waals surface area contributed by atoms with Crippen LogP contribution in [-0.4, -0.2) is 10.2 Å². The van der Waals surface area contributed by atoms with Gasteiger partial charge in [0.1, 0.15) is 11.7 Å². The van der Waals surface area contributed by atoms with Gasteiger partial charge in [-0.1, -0.05) is 23.3 Å². The van der Waals surface area contributed by atoms with Crippen LogP contribution in [0.25, 0.3) is 10.9 Å². The van der Waals surface area contributed by atoms with Crippen LogP contribution >= 0.6 is 0 Å². The molecule has 0 saturated heterocycles. The fraction of sp³-hybridized carbons (Fsp3) is 0. The number of hydrogen-bond acceptors (Lipinski definition) is 2. The SMILES string of the molecule is O=[n+]1ncc2ccccc2[nH]1. The maximum absolute atomic E-state index is 10.6. The van der Waals surface area contributed by atoms with Crippen LogP contribution in [0, 0.1) is 4.91 Å². The molecule has 0 radical (unpaired) electrons. The molecule has 1 heterocycles. The maximum Gasteiger partial charge on any atom is 0.283 e.